The van der Waals surface area contributed by atoms with Crippen molar-refractivity contribution in [3.8, 4) is 5.75 Å². The number of carbonyl (C=O) groups excluding carboxylic acids is 3. The zero-order chi connectivity index (χ0) is 20.1. The molecule has 1 aliphatic rings. The molecule has 3 N–H and O–H groups in total. The molecule has 0 bridgehead atoms. The van der Waals surface area contributed by atoms with E-state index in [4.69, 9.17) is 15.2 Å². The van der Waals surface area contributed by atoms with Crippen molar-refractivity contribution < 1.29 is 23.9 Å². The van der Waals surface area contributed by atoms with Gasteiger partial charge in [-0.3, -0.25) is 14.4 Å². The van der Waals surface area contributed by atoms with Crippen molar-refractivity contribution in [2.24, 2.45) is 5.73 Å². The van der Waals surface area contributed by atoms with Gasteiger partial charge in [-0.25, -0.2) is 0 Å². The molecule has 3 rings (SSSR count). The quantitative estimate of drug-likeness (QED) is 0.660. The normalized spacial score (nSPS) is 13.5. The summed E-state index contributed by atoms with van der Waals surface area (Å²) in [7, 11) is 0. The van der Waals surface area contributed by atoms with E-state index in [2.05, 4.69) is 5.32 Å². The fraction of sp³-hybridized carbons (Fsp3) is 0.350. The first-order valence-corrected chi connectivity index (χ1v) is 9.90. The van der Waals surface area contributed by atoms with Crippen LogP contribution in [0.1, 0.15) is 40.6 Å². The van der Waals surface area contributed by atoms with Crippen molar-refractivity contribution in [2.75, 3.05) is 11.9 Å². The number of carbonyl (C=O) groups is 3. The van der Waals surface area contributed by atoms with Gasteiger partial charge in [0.1, 0.15) is 10.8 Å². The third-order valence-corrected chi connectivity index (χ3v) is 5.61. The summed E-state index contributed by atoms with van der Waals surface area (Å²) in [6.07, 6.45) is 1.66. The Hall–Kier alpha value is -2.87. The molecule has 0 spiro atoms. The van der Waals surface area contributed by atoms with Crippen LogP contribution in [0.3, 0.4) is 0 Å². The van der Waals surface area contributed by atoms with Crippen molar-refractivity contribution in [1.82, 2.24) is 0 Å². The topological polar surface area (TPSA) is 108 Å². The van der Waals surface area contributed by atoms with Gasteiger partial charge >= 0.3 is 5.97 Å². The minimum absolute atomic E-state index is 0.0202. The number of benzene rings is 1. The predicted octanol–water partition coefficient (Wildman–Crippen LogP) is 2.68. The Morgan fingerprint density at radius 2 is 1.96 bits per heavy atom. The number of para-hydroxylation sites is 1. The maximum atomic E-state index is 12.4. The van der Waals surface area contributed by atoms with Gasteiger partial charge in [0.15, 0.2) is 6.10 Å². The molecule has 1 atom stereocenters. The number of nitrogens with one attached hydrogen (secondary N) is 1. The number of rotatable bonds is 8. The van der Waals surface area contributed by atoms with Crippen molar-refractivity contribution >= 4 is 34.1 Å². The Labute approximate surface area is 166 Å². The number of ether oxygens (including phenoxy) is 2. The van der Waals surface area contributed by atoms with Crippen LogP contribution in [0.25, 0.3) is 0 Å². The summed E-state index contributed by atoms with van der Waals surface area (Å²) in [5.41, 5.74) is 6.79. The SMILES string of the molecule is C[C@H](OC(=O)CCOc1ccccc1)C(=O)Nc1sc2c(c1C(N)=O)CCC2. The van der Waals surface area contributed by atoms with Gasteiger partial charge in [-0.15, -0.1) is 11.3 Å². The predicted molar refractivity (Wildman–Crippen MR) is 106 cm³/mol. The lowest BCUT2D eigenvalue weighted by Crippen LogP contribution is -2.31. The molecule has 0 saturated heterocycles. The molecule has 2 amide bonds. The molecule has 7 nitrogen and oxygen atoms in total. The van der Waals surface area contributed by atoms with E-state index >= 15 is 0 Å². The molecule has 1 aromatic carbocycles. The van der Waals surface area contributed by atoms with Crippen LogP contribution in [0.15, 0.2) is 30.3 Å². The van der Waals surface area contributed by atoms with Gasteiger partial charge in [-0.2, -0.15) is 0 Å². The van der Waals surface area contributed by atoms with Crippen molar-refractivity contribution in [1.29, 1.82) is 0 Å². The maximum Gasteiger partial charge on any atom is 0.310 e. The van der Waals surface area contributed by atoms with Crippen LogP contribution in [0.2, 0.25) is 0 Å². The molecule has 1 heterocycles. The number of fused-ring (bicyclic) bond motifs is 1. The van der Waals surface area contributed by atoms with E-state index in [1.807, 2.05) is 18.2 Å². The lowest BCUT2D eigenvalue weighted by atomic mass is 10.1. The van der Waals surface area contributed by atoms with Gasteiger partial charge in [0, 0.05) is 4.88 Å². The molecule has 2 aromatic rings. The highest BCUT2D eigenvalue weighted by atomic mass is 32.1. The number of nitrogens with two attached hydrogens (primary N) is 1. The van der Waals surface area contributed by atoms with Crippen molar-refractivity contribution in [3.05, 3.63) is 46.3 Å². The van der Waals surface area contributed by atoms with Crippen LogP contribution in [0, 0.1) is 0 Å². The summed E-state index contributed by atoms with van der Waals surface area (Å²) < 4.78 is 10.6. The van der Waals surface area contributed by atoms with Crippen LogP contribution in [-0.2, 0) is 27.2 Å². The summed E-state index contributed by atoms with van der Waals surface area (Å²) in [5.74, 6) is -0.939. The Bertz CT molecular complexity index is 878. The van der Waals surface area contributed by atoms with Gasteiger partial charge in [0.25, 0.3) is 11.8 Å². The van der Waals surface area contributed by atoms with Crippen LogP contribution in [-0.4, -0.2) is 30.5 Å². The van der Waals surface area contributed by atoms with Crippen LogP contribution >= 0.6 is 11.3 Å². The van der Waals surface area contributed by atoms with Crippen LogP contribution in [0.5, 0.6) is 5.75 Å². The Balaban J connectivity index is 1.51. The summed E-state index contributed by atoms with van der Waals surface area (Å²) in [6.45, 7) is 1.64. The smallest absolute Gasteiger partial charge is 0.310 e. The monoisotopic (exact) mass is 402 g/mol. The number of hydrogen-bond donors (Lipinski definition) is 2. The van der Waals surface area contributed by atoms with E-state index in [0.29, 0.717) is 16.3 Å². The number of hydrogen-bond acceptors (Lipinski definition) is 6. The minimum atomic E-state index is -0.998. The Morgan fingerprint density at radius 3 is 2.68 bits per heavy atom. The molecule has 0 aliphatic heterocycles. The number of thiophene rings is 1. The van der Waals surface area contributed by atoms with E-state index in [9.17, 15) is 14.4 Å². The first kappa shape index (κ1) is 19.9. The summed E-state index contributed by atoms with van der Waals surface area (Å²) in [4.78, 5) is 37.2. The number of primary amides is 1. The molecule has 0 unspecified atom stereocenters. The summed E-state index contributed by atoms with van der Waals surface area (Å²) in [5, 5.41) is 3.11. The second kappa shape index (κ2) is 8.88. The molecule has 148 valence electrons. The van der Waals surface area contributed by atoms with Crippen molar-refractivity contribution in [2.45, 2.75) is 38.7 Å². The fourth-order valence-electron chi connectivity index (χ4n) is 3.05. The number of aryl methyl sites for hydroxylation is 1. The first-order chi connectivity index (χ1) is 13.5. The van der Waals surface area contributed by atoms with E-state index in [-0.39, 0.29) is 13.0 Å². The third-order valence-electron chi connectivity index (χ3n) is 4.40. The number of amides is 2. The molecule has 0 radical (unpaired) electrons. The molecule has 0 fully saturated rings. The highest BCUT2D eigenvalue weighted by Gasteiger charge is 2.27. The number of anilines is 1. The van der Waals surface area contributed by atoms with Crippen LogP contribution in [0.4, 0.5) is 5.00 Å². The second-order valence-electron chi connectivity index (χ2n) is 6.46. The molecular weight excluding hydrogens is 380 g/mol. The van der Waals surface area contributed by atoms with Gasteiger partial charge < -0.3 is 20.5 Å². The van der Waals surface area contributed by atoms with E-state index in [0.717, 1.165) is 29.7 Å². The van der Waals surface area contributed by atoms with Crippen molar-refractivity contribution in [3.63, 3.8) is 0 Å². The fourth-order valence-corrected chi connectivity index (χ4v) is 4.34. The Kier molecular flexibility index (Phi) is 6.30. The highest BCUT2D eigenvalue weighted by Crippen LogP contribution is 2.38. The highest BCUT2D eigenvalue weighted by molar-refractivity contribution is 7.17. The molecule has 28 heavy (non-hydrogen) atoms. The third kappa shape index (κ3) is 4.69. The first-order valence-electron chi connectivity index (χ1n) is 9.08. The standard InChI is InChI=1S/C20H22N2O5S/c1-12(27-16(23)10-11-26-13-6-3-2-4-7-13)19(25)22-20-17(18(21)24)14-8-5-9-15(14)28-20/h2-4,6-7,12H,5,8-11H2,1H3,(H2,21,24)(H,22,25)/t12-/m0/s1. The van der Waals surface area contributed by atoms with Gasteiger partial charge in [-0.05, 0) is 43.9 Å². The zero-order valence-electron chi connectivity index (χ0n) is 15.5. The lowest BCUT2D eigenvalue weighted by Gasteiger charge is -2.14. The van der Waals surface area contributed by atoms with Crippen LogP contribution < -0.4 is 15.8 Å². The Morgan fingerprint density at radius 1 is 1.21 bits per heavy atom. The maximum absolute atomic E-state index is 12.4. The van der Waals surface area contributed by atoms with E-state index < -0.39 is 23.9 Å². The average Bonchev–Trinajstić information content (AvgIpc) is 3.22. The van der Waals surface area contributed by atoms with Gasteiger partial charge in [0.2, 0.25) is 0 Å². The van der Waals surface area contributed by atoms with Gasteiger partial charge in [-0.1, -0.05) is 18.2 Å². The van der Waals surface area contributed by atoms with E-state index in [1.165, 1.54) is 18.3 Å². The molecule has 1 aromatic heterocycles. The largest absolute Gasteiger partial charge is 0.493 e. The molecule has 0 saturated carbocycles. The zero-order valence-corrected chi connectivity index (χ0v) is 16.3. The molecular formula is C20H22N2O5S. The number of esters is 1. The molecule has 1 aliphatic carbocycles. The molecule has 8 heteroatoms. The summed E-state index contributed by atoms with van der Waals surface area (Å²) >= 11 is 1.36. The lowest BCUT2D eigenvalue weighted by molar-refractivity contribution is -0.153. The average molecular weight is 402 g/mol. The minimum Gasteiger partial charge on any atom is -0.493 e. The van der Waals surface area contributed by atoms with E-state index in [1.54, 1.807) is 12.1 Å². The second-order valence-corrected chi connectivity index (χ2v) is 7.56. The summed E-state index contributed by atoms with van der Waals surface area (Å²) in [6, 6.07) is 9.11. The van der Waals surface area contributed by atoms with Gasteiger partial charge in [0.05, 0.1) is 18.6 Å².